The molecule has 0 saturated carbocycles. The zero-order valence-electron chi connectivity index (χ0n) is 17.4. The number of carbonyl (C=O) groups is 2. The summed E-state index contributed by atoms with van der Waals surface area (Å²) in [5.41, 5.74) is 5.59. The first kappa shape index (κ1) is 21.8. The molecule has 2 aliphatic rings. The number of aromatic nitrogens is 1. The van der Waals surface area contributed by atoms with Crippen LogP contribution in [0.5, 0.6) is 0 Å². The molecule has 1 aromatic heterocycles. The molecule has 1 aromatic carbocycles. The fraction of sp³-hybridized carbons (Fsp3) is 0.391. The molecule has 4 rings (SSSR count). The minimum absolute atomic E-state index is 0.233. The van der Waals surface area contributed by atoms with Crippen molar-refractivity contribution in [3.63, 3.8) is 0 Å². The van der Waals surface area contributed by atoms with Crippen LogP contribution in [0.25, 0.3) is 16.5 Å². The van der Waals surface area contributed by atoms with Crippen molar-refractivity contribution in [2.24, 2.45) is 5.92 Å². The molecular weight excluding hydrogens is 384 g/mol. The molecule has 0 unspecified atom stereocenters. The fourth-order valence-electron chi connectivity index (χ4n) is 4.37. The molecule has 0 fully saturated rings. The summed E-state index contributed by atoms with van der Waals surface area (Å²) in [4.78, 5) is 21.5. The number of benzene rings is 1. The molecule has 0 radical (unpaired) electrons. The topological polar surface area (TPSA) is 103 Å². The summed E-state index contributed by atoms with van der Waals surface area (Å²) in [7, 11) is 2.19. The van der Waals surface area contributed by atoms with Crippen molar-refractivity contribution in [3.8, 4) is 0 Å². The van der Waals surface area contributed by atoms with Gasteiger partial charge in [0.15, 0.2) is 0 Å². The maximum absolute atomic E-state index is 9.59. The Morgan fingerprint density at radius 1 is 1.20 bits per heavy atom. The van der Waals surface area contributed by atoms with Crippen LogP contribution in [-0.2, 0) is 16.0 Å². The Kier molecular flexibility index (Phi) is 6.43. The van der Waals surface area contributed by atoms with Crippen LogP contribution in [0.4, 0.5) is 0 Å². The van der Waals surface area contributed by atoms with E-state index in [4.69, 9.17) is 10.2 Å². The van der Waals surface area contributed by atoms with E-state index >= 15 is 0 Å². The SMILES string of the molecule is CC(C)n1cc2c3c(cccc31)C1=C[C@@H](CO)CN(C)[C@@H]1C2.O=C(O)/C=C\C(=O)O. The zero-order chi connectivity index (χ0) is 22.0. The average Bonchev–Trinajstić information content (AvgIpc) is 3.08. The quantitative estimate of drug-likeness (QED) is 0.668. The first-order chi connectivity index (χ1) is 14.2. The Hall–Kier alpha value is -2.90. The third kappa shape index (κ3) is 4.32. The fourth-order valence-corrected chi connectivity index (χ4v) is 4.37. The lowest BCUT2D eigenvalue weighted by molar-refractivity contribution is -0.134. The van der Waals surface area contributed by atoms with Gasteiger partial charge in [0, 0.05) is 53.8 Å². The van der Waals surface area contributed by atoms with Gasteiger partial charge in [-0.15, -0.1) is 0 Å². The van der Waals surface area contributed by atoms with Crippen molar-refractivity contribution in [1.29, 1.82) is 0 Å². The van der Waals surface area contributed by atoms with Crippen LogP contribution in [0.3, 0.4) is 0 Å². The molecule has 1 aliphatic carbocycles. The summed E-state index contributed by atoms with van der Waals surface area (Å²) in [6.45, 7) is 5.67. The maximum Gasteiger partial charge on any atom is 0.328 e. The van der Waals surface area contributed by atoms with Crippen LogP contribution in [0.2, 0.25) is 0 Å². The minimum Gasteiger partial charge on any atom is -0.478 e. The summed E-state index contributed by atoms with van der Waals surface area (Å²) < 4.78 is 2.40. The number of hydrogen-bond donors (Lipinski definition) is 3. The first-order valence-corrected chi connectivity index (χ1v) is 10.0. The minimum atomic E-state index is -1.26. The number of hydrogen-bond acceptors (Lipinski definition) is 4. The van der Waals surface area contributed by atoms with E-state index in [0.717, 1.165) is 13.0 Å². The standard InChI is InChI=1S/C19H24N2O.C4H4O4/c1-12(2)21-10-14-8-18-16(7-13(11-22)9-20(18)3)15-5-4-6-17(21)19(14)15;5-3(6)1-2-4(7)8/h4-7,10,12-13,18,22H,8-9,11H2,1-3H3;1-2H,(H,5,6)(H,7,8)/b;2-1-/t13-,18-;/m1./s1. The summed E-state index contributed by atoms with van der Waals surface area (Å²) in [5, 5.41) is 26.6. The highest BCUT2D eigenvalue weighted by Gasteiger charge is 2.34. The molecule has 0 saturated heterocycles. The number of nitrogens with zero attached hydrogens (tertiary/aromatic N) is 2. The normalized spacial score (nSPS) is 20.6. The molecule has 7 heteroatoms. The van der Waals surface area contributed by atoms with Gasteiger partial charge in [-0.3, -0.25) is 4.90 Å². The number of aliphatic carboxylic acids is 2. The predicted molar refractivity (Wildman–Crippen MR) is 115 cm³/mol. The van der Waals surface area contributed by atoms with Crippen molar-refractivity contribution in [3.05, 3.63) is 53.8 Å². The molecule has 2 heterocycles. The van der Waals surface area contributed by atoms with E-state index in [1.807, 2.05) is 0 Å². The van der Waals surface area contributed by atoms with Gasteiger partial charge in [-0.1, -0.05) is 18.2 Å². The van der Waals surface area contributed by atoms with Crippen molar-refractivity contribution in [2.45, 2.75) is 32.4 Å². The lowest BCUT2D eigenvalue weighted by Gasteiger charge is -2.39. The van der Waals surface area contributed by atoms with Crippen molar-refractivity contribution in [2.75, 3.05) is 20.2 Å². The van der Waals surface area contributed by atoms with Gasteiger partial charge in [0.25, 0.3) is 0 Å². The summed E-state index contributed by atoms with van der Waals surface area (Å²) in [5.74, 6) is -2.26. The van der Waals surface area contributed by atoms with Crippen LogP contribution < -0.4 is 0 Å². The largest absolute Gasteiger partial charge is 0.478 e. The van der Waals surface area contributed by atoms with Gasteiger partial charge >= 0.3 is 11.9 Å². The third-order valence-corrected chi connectivity index (χ3v) is 5.65. The van der Waals surface area contributed by atoms with Crippen molar-refractivity contribution < 1.29 is 24.9 Å². The van der Waals surface area contributed by atoms with E-state index in [-0.39, 0.29) is 12.5 Å². The predicted octanol–water partition coefficient (Wildman–Crippen LogP) is 2.80. The zero-order valence-corrected chi connectivity index (χ0v) is 17.4. The lowest BCUT2D eigenvalue weighted by Crippen LogP contribution is -2.43. The molecule has 1 aliphatic heterocycles. The third-order valence-electron chi connectivity index (χ3n) is 5.65. The number of carboxylic acids is 2. The second kappa shape index (κ2) is 8.85. The van der Waals surface area contributed by atoms with Crippen molar-refractivity contribution >= 4 is 28.4 Å². The summed E-state index contributed by atoms with van der Waals surface area (Å²) in [6, 6.07) is 7.58. The van der Waals surface area contributed by atoms with Gasteiger partial charge in [0.2, 0.25) is 0 Å². The van der Waals surface area contributed by atoms with Crippen LogP contribution in [0.1, 0.15) is 31.0 Å². The molecular formula is C23H28N2O5. The monoisotopic (exact) mass is 412 g/mol. The first-order valence-electron chi connectivity index (χ1n) is 10.0. The number of fused-ring (bicyclic) bond motifs is 2. The van der Waals surface area contributed by atoms with Gasteiger partial charge < -0.3 is 19.9 Å². The highest BCUT2D eigenvalue weighted by molar-refractivity contribution is 5.98. The molecule has 160 valence electrons. The Bertz CT molecular complexity index is 1000. The Labute approximate surface area is 175 Å². The number of rotatable bonds is 4. The highest BCUT2D eigenvalue weighted by Crippen LogP contribution is 2.42. The van der Waals surface area contributed by atoms with Gasteiger partial charge in [-0.05, 0) is 50.1 Å². The van der Waals surface area contributed by atoms with Crippen molar-refractivity contribution in [1.82, 2.24) is 9.47 Å². The van der Waals surface area contributed by atoms with E-state index in [1.165, 1.54) is 27.6 Å². The summed E-state index contributed by atoms with van der Waals surface area (Å²) in [6.07, 6.45) is 6.86. The smallest absolute Gasteiger partial charge is 0.328 e. The summed E-state index contributed by atoms with van der Waals surface area (Å²) >= 11 is 0. The molecule has 30 heavy (non-hydrogen) atoms. The van der Waals surface area contributed by atoms with E-state index < -0.39 is 11.9 Å². The van der Waals surface area contributed by atoms with Crippen LogP contribution in [0.15, 0.2) is 42.6 Å². The Balaban J connectivity index is 0.000000275. The van der Waals surface area contributed by atoms with E-state index in [2.05, 4.69) is 60.8 Å². The number of likely N-dealkylation sites (N-methyl/N-ethyl adjacent to an activating group) is 1. The molecule has 0 bridgehead atoms. The van der Waals surface area contributed by atoms with Gasteiger partial charge in [0.1, 0.15) is 0 Å². The average molecular weight is 412 g/mol. The highest BCUT2D eigenvalue weighted by atomic mass is 16.4. The van der Waals surface area contributed by atoms with E-state index in [0.29, 0.717) is 24.2 Å². The Morgan fingerprint density at radius 2 is 1.87 bits per heavy atom. The van der Waals surface area contributed by atoms with Crippen LogP contribution >= 0.6 is 0 Å². The second-order valence-electron chi connectivity index (χ2n) is 8.09. The van der Waals surface area contributed by atoms with Gasteiger partial charge in [0.05, 0.1) is 6.61 Å². The van der Waals surface area contributed by atoms with Gasteiger partial charge in [-0.25, -0.2) is 9.59 Å². The molecule has 2 atom stereocenters. The molecule has 3 N–H and O–H groups in total. The number of carboxylic acid groups (broad SMARTS) is 2. The molecule has 7 nitrogen and oxygen atoms in total. The van der Waals surface area contributed by atoms with Crippen LogP contribution in [-0.4, -0.2) is 63.0 Å². The van der Waals surface area contributed by atoms with Gasteiger partial charge in [-0.2, -0.15) is 0 Å². The second-order valence-corrected chi connectivity index (χ2v) is 8.09. The van der Waals surface area contributed by atoms with Crippen LogP contribution in [0, 0.1) is 5.92 Å². The molecule has 0 amide bonds. The number of aliphatic hydroxyl groups excluding tert-OH is 1. The lowest BCUT2D eigenvalue weighted by atomic mass is 9.80. The van der Waals surface area contributed by atoms with E-state index in [1.54, 1.807) is 0 Å². The van der Waals surface area contributed by atoms with E-state index in [9.17, 15) is 14.7 Å². The maximum atomic E-state index is 9.59. The Morgan fingerprint density at radius 3 is 2.43 bits per heavy atom. The number of aliphatic hydroxyl groups is 1. The molecule has 2 aromatic rings. The molecule has 0 spiro atoms.